The van der Waals surface area contributed by atoms with Crippen LogP contribution >= 0.6 is 0 Å². The van der Waals surface area contributed by atoms with Gasteiger partial charge in [0.25, 0.3) is 0 Å². The fourth-order valence-electron chi connectivity index (χ4n) is 1.87. The van der Waals surface area contributed by atoms with E-state index in [2.05, 4.69) is 4.98 Å². The average Bonchev–Trinajstić information content (AvgIpc) is 2.45. The lowest BCUT2D eigenvalue weighted by Gasteiger charge is -2.14. The first-order valence-electron chi connectivity index (χ1n) is 6.17. The molecule has 0 aliphatic rings. The molecule has 1 rings (SSSR count). The molecule has 0 aromatic carbocycles. The minimum atomic E-state index is 0.00613. The van der Waals surface area contributed by atoms with Crippen LogP contribution < -0.4 is 4.74 Å². The number of aromatic nitrogens is 1. The Bertz CT molecular complexity index is 418. The summed E-state index contributed by atoms with van der Waals surface area (Å²) in [7, 11) is 3.15. The summed E-state index contributed by atoms with van der Waals surface area (Å²) in [6.45, 7) is 2.60. The normalized spacial score (nSPS) is 11.7. The lowest BCUT2D eigenvalue weighted by atomic mass is 9.99. The van der Waals surface area contributed by atoms with E-state index < -0.39 is 0 Å². The lowest BCUT2D eigenvalue weighted by Crippen LogP contribution is -2.04. The number of aliphatic hydroxyl groups excluding tert-OH is 1. The second kappa shape index (κ2) is 8.63. The molecule has 0 bridgehead atoms. The predicted octanol–water partition coefficient (Wildman–Crippen LogP) is 2.00. The van der Waals surface area contributed by atoms with Crippen molar-refractivity contribution in [1.82, 2.24) is 4.98 Å². The molecule has 0 aliphatic heterocycles. The number of hydrogen-bond donors (Lipinski definition) is 1. The fourth-order valence-corrected chi connectivity index (χ4v) is 1.87. The Balaban J connectivity index is 3.10. The van der Waals surface area contributed by atoms with Crippen LogP contribution in [0.25, 0.3) is 5.57 Å². The third-order valence-corrected chi connectivity index (χ3v) is 2.72. The second-order valence-corrected chi connectivity index (χ2v) is 3.87. The molecule has 5 heteroatoms. The van der Waals surface area contributed by atoms with E-state index in [1.54, 1.807) is 26.5 Å². The first-order valence-corrected chi connectivity index (χ1v) is 6.17. The highest BCUT2D eigenvalue weighted by Gasteiger charge is 2.13. The highest BCUT2D eigenvalue weighted by molar-refractivity contribution is 5.69. The molecular formula is C14H21NO4. The summed E-state index contributed by atoms with van der Waals surface area (Å²) in [5.74, 6) is 0.533. The van der Waals surface area contributed by atoms with Gasteiger partial charge in [-0.05, 0) is 23.6 Å². The topological polar surface area (TPSA) is 60.8 Å². The van der Waals surface area contributed by atoms with Crippen molar-refractivity contribution < 1.29 is 19.3 Å². The van der Waals surface area contributed by atoms with Crippen LogP contribution in [-0.2, 0) is 16.1 Å². The summed E-state index contributed by atoms with van der Waals surface area (Å²) in [6.07, 6.45) is 4.29. The van der Waals surface area contributed by atoms with Gasteiger partial charge in [0.15, 0.2) is 0 Å². The van der Waals surface area contributed by atoms with Gasteiger partial charge < -0.3 is 19.3 Å². The molecule has 0 fully saturated rings. The number of methoxy groups -OCH3 is 2. The average molecular weight is 267 g/mol. The van der Waals surface area contributed by atoms with Crippen LogP contribution in [0.5, 0.6) is 5.88 Å². The van der Waals surface area contributed by atoms with Gasteiger partial charge in [-0.3, -0.25) is 0 Å². The zero-order valence-corrected chi connectivity index (χ0v) is 11.7. The Morgan fingerprint density at radius 3 is 2.79 bits per heavy atom. The largest absolute Gasteiger partial charge is 0.481 e. The van der Waals surface area contributed by atoms with Crippen LogP contribution in [0.2, 0.25) is 0 Å². The van der Waals surface area contributed by atoms with Gasteiger partial charge in [0.2, 0.25) is 5.88 Å². The number of pyridine rings is 1. The molecule has 0 aliphatic carbocycles. The third kappa shape index (κ3) is 4.31. The number of rotatable bonds is 8. The Kier molecular flexibility index (Phi) is 7.10. The van der Waals surface area contributed by atoms with Gasteiger partial charge in [0.1, 0.15) is 6.79 Å². The molecule has 0 saturated heterocycles. The second-order valence-electron chi connectivity index (χ2n) is 3.87. The predicted molar refractivity (Wildman–Crippen MR) is 72.8 cm³/mol. The zero-order valence-electron chi connectivity index (χ0n) is 11.7. The molecule has 0 atom stereocenters. The van der Waals surface area contributed by atoms with Crippen molar-refractivity contribution in [2.75, 3.05) is 27.6 Å². The summed E-state index contributed by atoms with van der Waals surface area (Å²) >= 11 is 0. The summed E-state index contributed by atoms with van der Waals surface area (Å²) in [6, 6.07) is 1.90. The standard InChI is InChI=1S/C14H21NO4/c1-4-11(6-8-16)12-5-7-15-14(18-3)13(12)9-19-10-17-2/h5-7,16H,4,8-10H2,1-3H3. The van der Waals surface area contributed by atoms with Crippen LogP contribution in [0.15, 0.2) is 18.3 Å². The number of aliphatic hydroxyl groups is 1. The van der Waals surface area contributed by atoms with Crippen molar-refractivity contribution in [3.8, 4) is 5.88 Å². The lowest BCUT2D eigenvalue weighted by molar-refractivity contribution is -0.0396. The van der Waals surface area contributed by atoms with E-state index in [9.17, 15) is 0 Å². The van der Waals surface area contributed by atoms with Crippen LogP contribution in [-0.4, -0.2) is 37.7 Å². The molecule has 0 radical (unpaired) electrons. The summed E-state index contributed by atoms with van der Waals surface area (Å²) in [5.41, 5.74) is 2.89. The number of hydrogen-bond acceptors (Lipinski definition) is 5. The molecule has 1 heterocycles. The molecule has 0 spiro atoms. The third-order valence-electron chi connectivity index (χ3n) is 2.72. The Morgan fingerprint density at radius 1 is 1.42 bits per heavy atom. The van der Waals surface area contributed by atoms with Crippen molar-refractivity contribution in [2.45, 2.75) is 20.0 Å². The van der Waals surface area contributed by atoms with Crippen molar-refractivity contribution in [3.05, 3.63) is 29.5 Å². The zero-order chi connectivity index (χ0) is 14.1. The highest BCUT2D eigenvalue weighted by atomic mass is 16.7. The van der Waals surface area contributed by atoms with Gasteiger partial charge in [-0.15, -0.1) is 0 Å². The molecule has 1 aromatic rings. The maximum absolute atomic E-state index is 9.09. The molecule has 0 unspecified atom stereocenters. The van der Waals surface area contributed by atoms with E-state index in [0.29, 0.717) is 12.5 Å². The monoisotopic (exact) mass is 267 g/mol. The molecule has 106 valence electrons. The number of allylic oxidation sites excluding steroid dienone is 1. The van der Waals surface area contributed by atoms with Gasteiger partial charge in [-0.25, -0.2) is 4.98 Å². The molecule has 1 aromatic heterocycles. The Labute approximate surface area is 113 Å². The highest BCUT2D eigenvalue weighted by Crippen LogP contribution is 2.28. The molecule has 5 nitrogen and oxygen atoms in total. The molecule has 0 amide bonds. The minimum Gasteiger partial charge on any atom is -0.481 e. The first-order chi connectivity index (χ1) is 9.28. The SMILES string of the molecule is CCC(=CCO)c1ccnc(OC)c1COCOC. The van der Waals surface area contributed by atoms with Gasteiger partial charge in [-0.1, -0.05) is 13.0 Å². The summed E-state index contributed by atoms with van der Waals surface area (Å²) < 4.78 is 15.5. The first kappa shape index (κ1) is 15.6. The summed E-state index contributed by atoms with van der Waals surface area (Å²) in [5, 5.41) is 9.09. The Morgan fingerprint density at radius 2 is 2.21 bits per heavy atom. The van der Waals surface area contributed by atoms with Crippen LogP contribution in [0.3, 0.4) is 0 Å². The van der Waals surface area contributed by atoms with E-state index in [0.717, 1.165) is 23.1 Å². The molecule has 0 saturated carbocycles. The van der Waals surface area contributed by atoms with E-state index in [1.165, 1.54) is 0 Å². The smallest absolute Gasteiger partial charge is 0.219 e. The molecule has 19 heavy (non-hydrogen) atoms. The van der Waals surface area contributed by atoms with Gasteiger partial charge in [0, 0.05) is 18.9 Å². The minimum absolute atomic E-state index is 0.00613. The molecule has 1 N–H and O–H groups in total. The summed E-state index contributed by atoms with van der Waals surface area (Å²) in [4.78, 5) is 4.18. The van der Waals surface area contributed by atoms with E-state index in [-0.39, 0.29) is 13.4 Å². The molecular weight excluding hydrogens is 246 g/mol. The van der Waals surface area contributed by atoms with Crippen LogP contribution in [0.4, 0.5) is 0 Å². The van der Waals surface area contributed by atoms with E-state index in [4.69, 9.17) is 19.3 Å². The van der Waals surface area contributed by atoms with Crippen molar-refractivity contribution in [3.63, 3.8) is 0 Å². The van der Waals surface area contributed by atoms with Crippen molar-refractivity contribution in [2.24, 2.45) is 0 Å². The maximum Gasteiger partial charge on any atom is 0.219 e. The van der Waals surface area contributed by atoms with Gasteiger partial charge in [0.05, 0.1) is 20.3 Å². The fraction of sp³-hybridized carbons (Fsp3) is 0.500. The van der Waals surface area contributed by atoms with Crippen molar-refractivity contribution >= 4 is 5.57 Å². The van der Waals surface area contributed by atoms with Crippen LogP contribution in [0.1, 0.15) is 24.5 Å². The van der Waals surface area contributed by atoms with Crippen molar-refractivity contribution in [1.29, 1.82) is 0 Å². The van der Waals surface area contributed by atoms with Gasteiger partial charge in [-0.2, -0.15) is 0 Å². The Hall–Kier alpha value is -1.43. The van der Waals surface area contributed by atoms with E-state index in [1.807, 2.05) is 13.0 Å². The van der Waals surface area contributed by atoms with Crippen LogP contribution in [0, 0.1) is 0 Å². The number of ether oxygens (including phenoxy) is 3. The van der Waals surface area contributed by atoms with Gasteiger partial charge >= 0.3 is 0 Å². The van der Waals surface area contributed by atoms with E-state index >= 15 is 0 Å². The number of nitrogens with zero attached hydrogens (tertiary/aromatic N) is 1. The maximum atomic E-state index is 9.09. The quantitative estimate of drug-likeness (QED) is 0.576.